The van der Waals surface area contributed by atoms with E-state index in [0.29, 0.717) is 22.4 Å². The molecular formula is C14H10F2N2O. The minimum Gasteiger partial charge on any atom is -0.507 e. The SMILES string of the molecule is Cc1ccc(O)c(-c2nc3cc(F)c(F)cc3[nH]2)c1. The van der Waals surface area contributed by atoms with E-state index in [9.17, 15) is 13.9 Å². The topological polar surface area (TPSA) is 48.9 Å². The highest BCUT2D eigenvalue weighted by atomic mass is 19.2. The third-order valence-electron chi connectivity index (χ3n) is 2.93. The van der Waals surface area contributed by atoms with Crippen LogP contribution in [-0.4, -0.2) is 15.1 Å². The molecule has 0 spiro atoms. The number of imidazole rings is 1. The van der Waals surface area contributed by atoms with Crippen molar-refractivity contribution in [3.8, 4) is 17.1 Å². The first-order chi connectivity index (χ1) is 9.04. The van der Waals surface area contributed by atoms with Gasteiger partial charge in [0.15, 0.2) is 11.6 Å². The van der Waals surface area contributed by atoms with E-state index in [1.165, 1.54) is 0 Å². The molecule has 3 rings (SSSR count). The standard InChI is InChI=1S/C14H10F2N2O/c1-7-2-3-13(19)8(4-7)14-17-11-5-9(15)10(16)6-12(11)18-14/h2-6,19H,1H3,(H,17,18). The third-order valence-corrected chi connectivity index (χ3v) is 2.93. The molecule has 0 aliphatic rings. The van der Waals surface area contributed by atoms with Crippen LogP contribution in [0.15, 0.2) is 30.3 Å². The van der Waals surface area contributed by atoms with Gasteiger partial charge in [0.2, 0.25) is 0 Å². The molecule has 2 aromatic carbocycles. The molecule has 0 atom stereocenters. The average Bonchev–Trinajstić information content (AvgIpc) is 2.75. The maximum Gasteiger partial charge on any atom is 0.161 e. The van der Waals surface area contributed by atoms with Crippen LogP contribution in [-0.2, 0) is 0 Å². The number of aromatic hydroxyl groups is 1. The molecule has 1 aromatic heterocycles. The molecule has 96 valence electrons. The summed E-state index contributed by atoms with van der Waals surface area (Å²) in [6, 6.07) is 7.14. The fraction of sp³-hybridized carbons (Fsp3) is 0.0714. The van der Waals surface area contributed by atoms with Crippen LogP contribution in [0.2, 0.25) is 0 Å². The summed E-state index contributed by atoms with van der Waals surface area (Å²) in [5.41, 5.74) is 2.15. The van der Waals surface area contributed by atoms with E-state index >= 15 is 0 Å². The number of halogens is 2. The number of rotatable bonds is 1. The highest BCUT2D eigenvalue weighted by Gasteiger charge is 2.12. The number of hydrogen-bond acceptors (Lipinski definition) is 2. The summed E-state index contributed by atoms with van der Waals surface area (Å²) >= 11 is 0. The first-order valence-corrected chi connectivity index (χ1v) is 5.69. The van der Waals surface area contributed by atoms with Gasteiger partial charge in [-0.05, 0) is 19.1 Å². The number of fused-ring (bicyclic) bond motifs is 1. The van der Waals surface area contributed by atoms with E-state index in [4.69, 9.17) is 0 Å². The number of aromatic nitrogens is 2. The van der Waals surface area contributed by atoms with Gasteiger partial charge in [-0.3, -0.25) is 0 Å². The maximum atomic E-state index is 13.1. The number of phenols is 1. The number of H-pyrrole nitrogens is 1. The lowest BCUT2D eigenvalue weighted by atomic mass is 10.1. The summed E-state index contributed by atoms with van der Waals surface area (Å²) in [5.74, 6) is -1.44. The van der Waals surface area contributed by atoms with Crippen molar-refractivity contribution >= 4 is 11.0 Å². The summed E-state index contributed by atoms with van der Waals surface area (Å²) in [6.07, 6.45) is 0. The van der Waals surface area contributed by atoms with Gasteiger partial charge in [-0.2, -0.15) is 0 Å². The molecule has 2 N–H and O–H groups in total. The molecule has 3 nitrogen and oxygen atoms in total. The zero-order valence-electron chi connectivity index (χ0n) is 10.0. The van der Waals surface area contributed by atoms with Crippen LogP contribution in [0.5, 0.6) is 5.75 Å². The Labute approximate surface area is 107 Å². The minimum absolute atomic E-state index is 0.0607. The lowest BCUT2D eigenvalue weighted by Gasteiger charge is -2.01. The molecule has 0 amide bonds. The minimum atomic E-state index is -0.945. The lowest BCUT2D eigenvalue weighted by molar-refractivity contribution is 0.477. The third kappa shape index (κ3) is 1.93. The van der Waals surface area contributed by atoms with E-state index in [1.807, 2.05) is 6.92 Å². The Bertz CT molecular complexity index is 741. The second kappa shape index (κ2) is 4.05. The summed E-state index contributed by atoms with van der Waals surface area (Å²) in [6.45, 7) is 1.88. The molecule has 0 unspecified atom stereocenters. The highest BCUT2D eigenvalue weighted by Crippen LogP contribution is 2.29. The molecule has 3 aromatic rings. The second-order valence-corrected chi connectivity index (χ2v) is 4.39. The Kier molecular flexibility index (Phi) is 2.48. The lowest BCUT2D eigenvalue weighted by Crippen LogP contribution is -1.83. The number of nitrogens with one attached hydrogen (secondary N) is 1. The number of hydrogen-bond donors (Lipinski definition) is 2. The van der Waals surface area contributed by atoms with Crippen LogP contribution in [0, 0.1) is 18.6 Å². The van der Waals surface area contributed by atoms with E-state index < -0.39 is 11.6 Å². The van der Waals surface area contributed by atoms with Crippen LogP contribution in [0.25, 0.3) is 22.4 Å². The molecule has 1 heterocycles. The fourth-order valence-corrected chi connectivity index (χ4v) is 1.97. The summed E-state index contributed by atoms with van der Waals surface area (Å²) < 4.78 is 26.3. The van der Waals surface area contributed by atoms with Gasteiger partial charge in [-0.25, -0.2) is 13.8 Å². The van der Waals surface area contributed by atoms with Crippen LogP contribution in [0.1, 0.15) is 5.56 Å². The van der Waals surface area contributed by atoms with E-state index in [0.717, 1.165) is 17.7 Å². The Morgan fingerprint density at radius 1 is 1.11 bits per heavy atom. The molecule has 5 heteroatoms. The molecule has 0 saturated heterocycles. The first kappa shape index (κ1) is 11.6. The highest BCUT2D eigenvalue weighted by molar-refractivity contribution is 5.80. The van der Waals surface area contributed by atoms with Crippen molar-refractivity contribution in [3.63, 3.8) is 0 Å². The summed E-state index contributed by atoms with van der Waals surface area (Å²) in [4.78, 5) is 7.03. The number of benzene rings is 2. The van der Waals surface area contributed by atoms with Gasteiger partial charge in [-0.15, -0.1) is 0 Å². The normalized spacial score (nSPS) is 11.1. The number of nitrogens with zero attached hydrogens (tertiary/aromatic N) is 1. The van der Waals surface area contributed by atoms with Gasteiger partial charge >= 0.3 is 0 Å². The molecule has 0 aliphatic carbocycles. The number of aromatic amines is 1. The van der Waals surface area contributed by atoms with Crippen molar-refractivity contribution in [1.82, 2.24) is 9.97 Å². The molecule has 19 heavy (non-hydrogen) atoms. The number of phenolic OH excluding ortho intramolecular Hbond substituents is 1. The van der Waals surface area contributed by atoms with Crippen LogP contribution in [0.4, 0.5) is 8.78 Å². The van der Waals surface area contributed by atoms with Crippen molar-refractivity contribution in [2.75, 3.05) is 0 Å². The maximum absolute atomic E-state index is 13.1. The molecule has 0 aliphatic heterocycles. The summed E-state index contributed by atoms with van der Waals surface area (Å²) in [5, 5.41) is 9.81. The van der Waals surface area contributed by atoms with Crippen LogP contribution >= 0.6 is 0 Å². The van der Waals surface area contributed by atoms with Crippen LogP contribution in [0.3, 0.4) is 0 Å². The second-order valence-electron chi connectivity index (χ2n) is 4.39. The van der Waals surface area contributed by atoms with E-state index in [1.54, 1.807) is 18.2 Å². The molecule has 0 bridgehead atoms. The Morgan fingerprint density at radius 3 is 2.63 bits per heavy atom. The van der Waals surface area contributed by atoms with Gasteiger partial charge in [0.25, 0.3) is 0 Å². The molecule has 0 fully saturated rings. The number of aryl methyl sites for hydroxylation is 1. The summed E-state index contributed by atoms with van der Waals surface area (Å²) in [7, 11) is 0. The largest absolute Gasteiger partial charge is 0.507 e. The van der Waals surface area contributed by atoms with Gasteiger partial charge in [0, 0.05) is 12.1 Å². The van der Waals surface area contributed by atoms with E-state index in [-0.39, 0.29) is 5.75 Å². The van der Waals surface area contributed by atoms with Crippen LogP contribution < -0.4 is 0 Å². The predicted octanol–water partition coefficient (Wildman–Crippen LogP) is 3.52. The zero-order chi connectivity index (χ0) is 13.6. The van der Waals surface area contributed by atoms with Gasteiger partial charge in [0.05, 0.1) is 16.6 Å². The molecule has 0 radical (unpaired) electrons. The van der Waals surface area contributed by atoms with Crippen molar-refractivity contribution in [2.45, 2.75) is 6.92 Å². The molecule has 0 saturated carbocycles. The van der Waals surface area contributed by atoms with E-state index in [2.05, 4.69) is 9.97 Å². The van der Waals surface area contributed by atoms with Crippen molar-refractivity contribution in [1.29, 1.82) is 0 Å². The Balaban J connectivity index is 2.23. The average molecular weight is 260 g/mol. The van der Waals surface area contributed by atoms with Crippen molar-refractivity contribution in [2.24, 2.45) is 0 Å². The molecular weight excluding hydrogens is 250 g/mol. The Morgan fingerprint density at radius 2 is 1.84 bits per heavy atom. The monoisotopic (exact) mass is 260 g/mol. The Hall–Kier alpha value is -2.43. The first-order valence-electron chi connectivity index (χ1n) is 5.69. The van der Waals surface area contributed by atoms with Crippen molar-refractivity contribution in [3.05, 3.63) is 47.5 Å². The fourth-order valence-electron chi connectivity index (χ4n) is 1.97. The smallest absolute Gasteiger partial charge is 0.161 e. The quantitative estimate of drug-likeness (QED) is 0.703. The van der Waals surface area contributed by atoms with Gasteiger partial charge < -0.3 is 10.1 Å². The zero-order valence-corrected chi connectivity index (χ0v) is 10.0. The van der Waals surface area contributed by atoms with Gasteiger partial charge in [-0.1, -0.05) is 11.6 Å². The van der Waals surface area contributed by atoms with Crippen molar-refractivity contribution < 1.29 is 13.9 Å². The predicted molar refractivity (Wildman–Crippen MR) is 67.8 cm³/mol. The van der Waals surface area contributed by atoms with Gasteiger partial charge in [0.1, 0.15) is 11.6 Å².